The summed E-state index contributed by atoms with van der Waals surface area (Å²) in [5.41, 5.74) is 0.868. The van der Waals surface area contributed by atoms with Crippen LogP contribution in [0.15, 0.2) is 28.8 Å². The van der Waals surface area contributed by atoms with Crippen LogP contribution in [0.2, 0.25) is 5.02 Å². The number of hydrogen-bond donors (Lipinski definition) is 1. The van der Waals surface area contributed by atoms with Crippen molar-refractivity contribution in [1.29, 1.82) is 0 Å². The summed E-state index contributed by atoms with van der Waals surface area (Å²) in [4.78, 5) is 12.3. The molecule has 1 aromatic heterocycles. The smallest absolute Gasteiger partial charge is 0.273 e. The number of aryl methyl sites for hydroxylation is 1. The highest BCUT2D eigenvalue weighted by atomic mass is 35.5. The molecule has 0 aliphatic carbocycles. The van der Waals surface area contributed by atoms with E-state index in [0.717, 1.165) is 19.4 Å². The predicted molar refractivity (Wildman–Crippen MR) is 88.3 cm³/mol. The minimum absolute atomic E-state index is 0.0770. The molecule has 1 atom stereocenters. The van der Waals surface area contributed by atoms with Gasteiger partial charge in [-0.25, -0.2) is 0 Å². The standard InChI is InChI=1S/C17H19ClN2O4/c1-11-15(10-23-13-5-2-4-12(18)8-13)16(20-24-11)17(21)19-9-14-6-3-7-22-14/h2,4-5,8,14H,3,6-7,9-10H2,1H3,(H,19,21). The Balaban J connectivity index is 1.63. The second-order valence-corrected chi connectivity index (χ2v) is 6.09. The van der Waals surface area contributed by atoms with Crippen LogP contribution in [0.25, 0.3) is 0 Å². The van der Waals surface area contributed by atoms with Crippen LogP contribution in [0.3, 0.4) is 0 Å². The van der Waals surface area contributed by atoms with Crippen molar-refractivity contribution < 1.29 is 18.8 Å². The second-order valence-electron chi connectivity index (χ2n) is 5.66. The van der Waals surface area contributed by atoms with Gasteiger partial charge in [0.2, 0.25) is 0 Å². The van der Waals surface area contributed by atoms with Gasteiger partial charge in [0.25, 0.3) is 5.91 Å². The quantitative estimate of drug-likeness (QED) is 0.866. The number of nitrogens with one attached hydrogen (secondary N) is 1. The second kappa shape index (κ2) is 7.68. The lowest BCUT2D eigenvalue weighted by Gasteiger charge is -2.10. The van der Waals surface area contributed by atoms with Crippen LogP contribution in [0.4, 0.5) is 0 Å². The van der Waals surface area contributed by atoms with E-state index in [1.807, 2.05) is 0 Å². The number of aromatic nitrogens is 1. The van der Waals surface area contributed by atoms with Gasteiger partial charge in [-0.2, -0.15) is 0 Å². The van der Waals surface area contributed by atoms with Crippen LogP contribution in [0, 0.1) is 6.92 Å². The molecule has 24 heavy (non-hydrogen) atoms. The van der Waals surface area contributed by atoms with Crippen LogP contribution in [0.5, 0.6) is 5.75 Å². The third kappa shape index (κ3) is 4.07. The fraction of sp³-hybridized carbons (Fsp3) is 0.412. The molecule has 1 unspecified atom stereocenters. The van der Waals surface area contributed by atoms with E-state index in [-0.39, 0.29) is 24.3 Å². The van der Waals surface area contributed by atoms with Gasteiger partial charge in [-0.05, 0) is 38.0 Å². The number of rotatable bonds is 6. The molecule has 0 saturated carbocycles. The Kier molecular flexibility index (Phi) is 5.37. The van der Waals surface area contributed by atoms with Crippen LogP contribution in [-0.2, 0) is 11.3 Å². The number of halogens is 1. The van der Waals surface area contributed by atoms with Gasteiger partial charge in [-0.3, -0.25) is 4.79 Å². The summed E-state index contributed by atoms with van der Waals surface area (Å²) in [7, 11) is 0. The highest BCUT2D eigenvalue weighted by Crippen LogP contribution is 2.21. The Labute approximate surface area is 145 Å². The van der Waals surface area contributed by atoms with Gasteiger partial charge in [-0.1, -0.05) is 22.8 Å². The normalized spacial score (nSPS) is 17.0. The van der Waals surface area contributed by atoms with Crippen LogP contribution >= 0.6 is 11.6 Å². The number of carbonyl (C=O) groups is 1. The number of hydrogen-bond acceptors (Lipinski definition) is 5. The molecule has 1 N–H and O–H groups in total. The molecule has 0 bridgehead atoms. The van der Waals surface area contributed by atoms with Crippen molar-refractivity contribution >= 4 is 17.5 Å². The van der Waals surface area contributed by atoms with Gasteiger partial charge in [0.05, 0.1) is 11.7 Å². The maximum Gasteiger partial charge on any atom is 0.273 e. The monoisotopic (exact) mass is 350 g/mol. The average molecular weight is 351 g/mol. The summed E-state index contributed by atoms with van der Waals surface area (Å²) >= 11 is 5.94. The fourth-order valence-electron chi connectivity index (χ4n) is 2.55. The summed E-state index contributed by atoms with van der Waals surface area (Å²) in [6.45, 7) is 3.15. The Morgan fingerprint density at radius 3 is 3.12 bits per heavy atom. The van der Waals surface area contributed by atoms with Gasteiger partial charge in [0, 0.05) is 18.2 Å². The molecule has 128 valence electrons. The van der Waals surface area contributed by atoms with Crippen molar-refractivity contribution in [3.63, 3.8) is 0 Å². The van der Waals surface area contributed by atoms with Gasteiger partial charge < -0.3 is 19.3 Å². The SMILES string of the molecule is Cc1onc(C(=O)NCC2CCCO2)c1COc1cccc(Cl)c1. The summed E-state index contributed by atoms with van der Waals surface area (Å²) < 4.78 is 16.3. The fourth-order valence-corrected chi connectivity index (χ4v) is 2.73. The van der Waals surface area contributed by atoms with Gasteiger partial charge in [0.15, 0.2) is 5.69 Å². The van der Waals surface area contributed by atoms with Crippen molar-refractivity contribution in [2.75, 3.05) is 13.2 Å². The van der Waals surface area contributed by atoms with E-state index in [4.69, 9.17) is 25.6 Å². The highest BCUT2D eigenvalue weighted by Gasteiger charge is 2.22. The number of benzene rings is 1. The molecular weight excluding hydrogens is 332 g/mol. The molecule has 2 aromatic rings. The third-order valence-corrected chi connectivity index (χ3v) is 4.13. The predicted octanol–water partition coefficient (Wildman–Crippen LogP) is 3.12. The summed E-state index contributed by atoms with van der Waals surface area (Å²) in [6, 6.07) is 7.07. The van der Waals surface area contributed by atoms with Gasteiger partial charge in [-0.15, -0.1) is 0 Å². The van der Waals surface area contributed by atoms with Crippen LogP contribution in [-0.4, -0.2) is 30.3 Å². The molecule has 2 heterocycles. The van der Waals surface area contributed by atoms with E-state index in [2.05, 4.69) is 10.5 Å². The van der Waals surface area contributed by atoms with Crippen molar-refractivity contribution in [1.82, 2.24) is 10.5 Å². The van der Waals surface area contributed by atoms with Crippen LogP contribution < -0.4 is 10.1 Å². The molecule has 0 radical (unpaired) electrons. The van der Waals surface area contributed by atoms with E-state index >= 15 is 0 Å². The van der Waals surface area contributed by atoms with Crippen molar-refractivity contribution in [3.8, 4) is 5.75 Å². The number of amides is 1. The van der Waals surface area contributed by atoms with E-state index in [1.54, 1.807) is 31.2 Å². The molecule has 7 heteroatoms. The first kappa shape index (κ1) is 16.8. The largest absolute Gasteiger partial charge is 0.489 e. The first-order chi connectivity index (χ1) is 11.6. The zero-order valence-corrected chi connectivity index (χ0v) is 14.1. The van der Waals surface area contributed by atoms with E-state index in [0.29, 0.717) is 28.6 Å². The Hall–Kier alpha value is -2.05. The van der Waals surface area contributed by atoms with Gasteiger partial charge in [0.1, 0.15) is 18.1 Å². The lowest BCUT2D eigenvalue weighted by molar-refractivity contribution is 0.0848. The maximum atomic E-state index is 12.3. The van der Waals surface area contributed by atoms with E-state index < -0.39 is 0 Å². The summed E-state index contributed by atoms with van der Waals surface area (Å²) in [5, 5.41) is 7.28. The Morgan fingerprint density at radius 2 is 2.38 bits per heavy atom. The van der Waals surface area contributed by atoms with Gasteiger partial charge >= 0.3 is 0 Å². The molecule has 1 aromatic carbocycles. The van der Waals surface area contributed by atoms with Crippen molar-refractivity contribution in [2.45, 2.75) is 32.5 Å². The first-order valence-electron chi connectivity index (χ1n) is 7.87. The molecule has 1 aliphatic heterocycles. The minimum atomic E-state index is -0.285. The lowest BCUT2D eigenvalue weighted by atomic mass is 10.2. The van der Waals surface area contributed by atoms with Crippen molar-refractivity contribution in [2.24, 2.45) is 0 Å². The molecular formula is C17H19ClN2O4. The Morgan fingerprint density at radius 1 is 1.50 bits per heavy atom. The first-order valence-corrected chi connectivity index (χ1v) is 8.24. The van der Waals surface area contributed by atoms with E-state index in [9.17, 15) is 4.79 Å². The van der Waals surface area contributed by atoms with Crippen molar-refractivity contribution in [3.05, 3.63) is 46.3 Å². The number of carbonyl (C=O) groups excluding carboxylic acids is 1. The maximum absolute atomic E-state index is 12.3. The minimum Gasteiger partial charge on any atom is -0.489 e. The molecule has 1 saturated heterocycles. The van der Waals surface area contributed by atoms with Crippen LogP contribution in [0.1, 0.15) is 34.7 Å². The molecule has 1 aliphatic rings. The molecule has 0 spiro atoms. The summed E-state index contributed by atoms with van der Waals surface area (Å²) in [5.74, 6) is 0.889. The zero-order chi connectivity index (χ0) is 16.9. The molecule has 1 amide bonds. The number of ether oxygens (including phenoxy) is 2. The molecule has 1 fully saturated rings. The third-order valence-electron chi connectivity index (χ3n) is 3.89. The highest BCUT2D eigenvalue weighted by molar-refractivity contribution is 6.30. The number of nitrogens with zero attached hydrogens (tertiary/aromatic N) is 1. The topological polar surface area (TPSA) is 73.6 Å². The zero-order valence-electron chi connectivity index (χ0n) is 13.4. The summed E-state index contributed by atoms with van der Waals surface area (Å²) in [6.07, 6.45) is 2.07. The Bertz CT molecular complexity index is 710. The molecule has 3 rings (SSSR count). The van der Waals surface area contributed by atoms with E-state index in [1.165, 1.54) is 0 Å². The average Bonchev–Trinajstić information content (AvgIpc) is 3.20. The lowest BCUT2D eigenvalue weighted by Crippen LogP contribution is -2.32. The molecule has 6 nitrogen and oxygen atoms in total.